The Morgan fingerprint density at radius 3 is 2.46 bits per heavy atom. The first-order chi connectivity index (χ1) is 12.6. The Hall–Kier alpha value is -2.25. The minimum Gasteiger partial charge on any atom is -0.351 e. The topological polar surface area (TPSA) is 52.7 Å². The van der Waals surface area contributed by atoms with Crippen molar-refractivity contribution in [3.63, 3.8) is 0 Å². The van der Waals surface area contributed by atoms with E-state index >= 15 is 0 Å². The molecule has 1 fully saturated rings. The van der Waals surface area contributed by atoms with Gasteiger partial charge in [0.25, 0.3) is 5.91 Å². The molecule has 0 unspecified atom stereocenters. The second-order valence-electron chi connectivity index (χ2n) is 6.24. The van der Waals surface area contributed by atoms with E-state index in [2.05, 4.69) is 10.2 Å². The summed E-state index contributed by atoms with van der Waals surface area (Å²) in [5.41, 5.74) is 0.454. The lowest BCUT2D eigenvalue weighted by Crippen LogP contribution is -2.50. The van der Waals surface area contributed by atoms with Crippen LogP contribution in [-0.4, -0.2) is 60.9 Å². The molecule has 0 radical (unpaired) electrons. The van der Waals surface area contributed by atoms with Crippen molar-refractivity contribution in [2.24, 2.45) is 0 Å². The van der Waals surface area contributed by atoms with E-state index < -0.39 is 0 Å². The van der Waals surface area contributed by atoms with Crippen molar-refractivity contribution in [1.29, 1.82) is 0 Å². The van der Waals surface area contributed by atoms with Gasteiger partial charge in [0, 0.05) is 49.7 Å². The molecule has 7 heteroatoms. The third-order valence-electron chi connectivity index (χ3n) is 4.45. The Labute approximate surface area is 156 Å². The molecule has 2 amide bonds. The second-order valence-corrected chi connectivity index (χ2v) is 7.27. The van der Waals surface area contributed by atoms with Crippen LogP contribution in [0, 0.1) is 5.82 Å². The van der Waals surface area contributed by atoms with Crippen LogP contribution in [0.5, 0.6) is 0 Å². The van der Waals surface area contributed by atoms with Gasteiger partial charge in [0.1, 0.15) is 5.82 Å². The highest BCUT2D eigenvalue weighted by atomic mass is 32.1. The van der Waals surface area contributed by atoms with Crippen LogP contribution >= 0.6 is 11.3 Å². The zero-order chi connectivity index (χ0) is 18.4. The summed E-state index contributed by atoms with van der Waals surface area (Å²) in [6.07, 6.45) is 0.478. The van der Waals surface area contributed by atoms with Gasteiger partial charge in [0.05, 0.1) is 6.42 Å². The van der Waals surface area contributed by atoms with Gasteiger partial charge < -0.3 is 10.2 Å². The van der Waals surface area contributed by atoms with Gasteiger partial charge in [-0.25, -0.2) is 4.39 Å². The van der Waals surface area contributed by atoms with Gasteiger partial charge in [-0.2, -0.15) is 0 Å². The lowest BCUT2D eigenvalue weighted by atomic mass is 10.2. The van der Waals surface area contributed by atoms with Crippen LogP contribution < -0.4 is 5.32 Å². The van der Waals surface area contributed by atoms with E-state index in [1.165, 1.54) is 24.3 Å². The van der Waals surface area contributed by atoms with Crippen molar-refractivity contribution in [1.82, 2.24) is 15.1 Å². The Bertz CT molecular complexity index is 726. The molecule has 0 bridgehead atoms. The zero-order valence-corrected chi connectivity index (χ0v) is 15.3. The van der Waals surface area contributed by atoms with Crippen molar-refractivity contribution in [2.75, 3.05) is 39.3 Å². The van der Waals surface area contributed by atoms with Crippen molar-refractivity contribution in [3.05, 3.63) is 58.0 Å². The lowest BCUT2D eigenvalue weighted by molar-refractivity contribution is -0.132. The zero-order valence-electron chi connectivity index (χ0n) is 14.5. The standard InChI is InChI=1S/C19H22FN3O2S/c20-16-5-3-15(4-6-16)19(25)21-7-8-22-9-11-23(12-10-22)18(24)14-17-2-1-13-26-17/h1-6,13H,7-12,14H2,(H,21,25). The molecule has 1 aliphatic heterocycles. The molecule has 1 saturated heterocycles. The SMILES string of the molecule is O=C(NCCN1CCN(C(=O)Cc2cccs2)CC1)c1ccc(F)cc1. The summed E-state index contributed by atoms with van der Waals surface area (Å²) < 4.78 is 12.9. The number of rotatable bonds is 6. The molecule has 2 heterocycles. The molecule has 0 spiro atoms. The van der Waals surface area contributed by atoms with Crippen molar-refractivity contribution in [2.45, 2.75) is 6.42 Å². The number of nitrogens with one attached hydrogen (secondary N) is 1. The fourth-order valence-electron chi connectivity index (χ4n) is 2.93. The molecule has 3 rings (SSSR count). The van der Waals surface area contributed by atoms with E-state index in [9.17, 15) is 14.0 Å². The molecule has 2 aromatic rings. The largest absolute Gasteiger partial charge is 0.351 e. The minimum atomic E-state index is -0.354. The predicted octanol–water partition coefficient (Wildman–Crippen LogP) is 2.00. The van der Waals surface area contributed by atoms with E-state index in [0.717, 1.165) is 37.6 Å². The van der Waals surface area contributed by atoms with Gasteiger partial charge in [-0.15, -0.1) is 11.3 Å². The maximum atomic E-state index is 12.9. The summed E-state index contributed by atoms with van der Waals surface area (Å²) >= 11 is 1.61. The normalized spacial score (nSPS) is 15.0. The molecule has 5 nitrogen and oxygen atoms in total. The van der Waals surface area contributed by atoms with Crippen LogP contribution in [-0.2, 0) is 11.2 Å². The fraction of sp³-hybridized carbons (Fsp3) is 0.368. The highest BCUT2D eigenvalue weighted by Crippen LogP contribution is 2.12. The van der Waals surface area contributed by atoms with E-state index in [0.29, 0.717) is 18.5 Å². The van der Waals surface area contributed by atoms with Gasteiger partial charge in [-0.05, 0) is 35.7 Å². The number of carbonyl (C=O) groups is 2. The molecular formula is C19H22FN3O2S. The molecule has 0 saturated carbocycles. The fourth-order valence-corrected chi connectivity index (χ4v) is 3.62. The molecule has 0 aliphatic carbocycles. The van der Waals surface area contributed by atoms with Crippen LogP contribution in [0.15, 0.2) is 41.8 Å². The van der Waals surface area contributed by atoms with E-state index in [-0.39, 0.29) is 17.6 Å². The minimum absolute atomic E-state index is 0.178. The maximum Gasteiger partial charge on any atom is 0.251 e. The molecule has 1 aromatic heterocycles. The Morgan fingerprint density at radius 1 is 1.08 bits per heavy atom. The first kappa shape index (κ1) is 18.5. The average Bonchev–Trinajstić information content (AvgIpc) is 3.15. The number of hydrogen-bond acceptors (Lipinski definition) is 4. The quantitative estimate of drug-likeness (QED) is 0.840. The van der Waals surface area contributed by atoms with Gasteiger partial charge in [0.2, 0.25) is 5.91 Å². The van der Waals surface area contributed by atoms with Crippen LogP contribution in [0.3, 0.4) is 0 Å². The number of benzene rings is 1. The van der Waals surface area contributed by atoms with Crippen LogP contribution in [0.2, 0.25) is 0 Å². The Morgan fingerprint density at radius 2 is 1.81 bits per heavy atom. The monoisotopic (exact) mass is 375 g/mol. The number of thiophene rings is 1. The van der Waals surface area contributed by atoms with Crippen molar-refractivity contribution < 1.29 is 14.0 Å². The van der Waals surface area contributed by atoms with Gasteiger partial charge in [-0.1, -0.05) is 6.07 Å². The smallest absolute Gasteiger partial charge is 0.251 e. The van der Waals surface area contributed by atoms with Gasteiger partial charge in [-0.3, -0.25) is 14.5 Å². The van der Waals surface area contributed by atoms with Gasteiger partial charge in [0.15, 0.2) is 0 Å². The molecular weight excluding hydrogens is 353 g/mol. The molecule has 26 heavy (non-hydrogen) atoms. The highest BCUT2D eigenvalue weighted by molar-refractivity contribution is 7.10. The summed E-state index contributed by atoms with van der Waals surface area (Å²) in [4.78, 5) is 29.5. The molecule has 1 aliphatic rings. The summed E-state index contributed by atoms with van der Waals surface area (Å²) in [6, 6.07) is 9.46. The maximum absolute atomic E-state index is 12.9. The number of carbonyl (C=O) groups excluding carboxylic acids is 2. The number of amides is 2. The lowest BCUT2D eigenvalue weighted by Gasteiger charge is -2.34. The summed E-state index contributed by atoms with van der Waals surface area (Å²) in [5, 5.41) is 4.83. The Balaban J connectivity index is 1.35. The second kappa shape index (κ2) is 8.91. The summed E-state index contributed by atoms with van der Waals surface area (Å²) in [6.45, 7) is 4.32. The molecule has 138 valence electrons. The number of piperazine rings is 1. The molecule has 0 atom stereocenters. The first-order valence-corrected chi connectivity index (χ1v) is 9.56. The molecule has 1 aromatic carbocycles. The highest BCUT2D eigenvalue weighted by Gasteiger charge is 2.21. The van der Waals surface area contributed by atoms with Crippen molar-refractivity contribution in [3.8, 4) is 0 Å². The predicted molar refractivity (Wildman–Crippen MR) is 99.8 cm³/mol. The van der Waals surface area contributed by atoms with Gasteiger partial charge >= 0.3 is 0 Å². The summed E-state index contributed by atoms with van der Waals surface area (Å²) in [7, 11) is 0. The molecule has 1 N–H and O–H groups in total. The van der Waals surface area contributed by atoms with E-state index in [1.807, 2.05) is 22.4 Å². The van der Waals surface area contributed by atoms with Crippen LogP contribution in [0.4, 0.5) is 4.39 Å². The average molecular weight is 375 g/mol. The number of hydrogen-bond donors (Lipinski definition) is 1. The third kappa shape index (κ3) is 5.12. The number of nitrogens with zero attached hydrogens (tertiary/aromatic N) is 2. The van der Waals surface area contributed by atoms with E-state index in [1.54, 1.807) is 11.3 Å². The van der Waals surface area contributed by atoms with Crippen molar-refractivity contribution >= 4 is 23.2 Å². The van der Waals surface area contributed by atoms with E-state index in [4.69, 9.17) is 0 Å². The first-order valence-electron chi connectivity index (χ1n) is 8.68. The number of halogens is 1. The third-order valence-corrected chi connectivity index (χ3v) is 5.33. The van der Waals surface area contributed by atoms with Crippen LogP contribution in [0.1, 0.15) is 15.2 Å². The Kier molecular flexibility index (Phi) is 6.35. The summed E-state index contributed by atoms with van der Waals surface area (Å²) in [5.74, 6) is -0.375. The van der Waals surface area contributed by atoms with Crippen LogP contribution in [0.25, 0.3) is 0 Å².